The quantitative estimate of drug-likeness (QED) is 0.885. The van der Waals surface area contributed by atoms with Gasteiger partial charge in [0.05, 0.1) is 5.60 Å². The van der Waals surface area contributed by atoms with E-state index >= 15 is 0 Å². The van der Waals surface area contributed by atoms with Crippen LogP contribution < -0.4 is 4.74 Å². The van der Waals surface area contributed by atoms with Crippen molar-refractivity contribution < 1.29 is 19.4 Å². The first-order valence-corrected chi connectivity index (χ1v) is 9.25. The zero-order chi connectivity index (χ0) is 18.9. The Hall–Kier alpha value is -2.08. The van der Waals surface area contributed by atoms with Gasteiger partial charge in [0.2, 0.25) is 5.91 Å². The molecule has 1 aromatic rings. The summed E-state index contributed by atoms with van der Waals surface area (Å²) in [6, 6.07) is 7.59. The predicted molar refractivity (Wildman–Crippen MR) is 97.8 cm³/mol. The molecule has 6 heteroatoms. The van der Waals surface area contributed by atoms with Crippen molar-refractivity contribution in [2.75, 3.05) is 26.2 Å². The second kappa shape index (κ2) is 7.27. The number of carbonyl (C=O) groups excluding carboxylic acids is 2. The second-order valence-corrected chi connectivity index (χ2v) is 7.92. The number of hydrogen-bond acceptors (Lipinski definition) is 4. The lowest BCUT2D eigenvalue weighted by atomic mass is 9.71. The van der Waals surface area contributed by atoms with E-state index in [0.29, 0.717) is 38.2 Å². The smallest absolute Gasteiger partial charge is 0.260 e. The van der Waals surface area contributed by atoms with Gasteiger partial charge in [-0.05, 0) is 45.7 Å². The Bertz CT molecular complexity index is 663. The summed E-state index contributed by atoms with van der Waals surface area (Å²) in [6.45, 7) is 7.33. The topological polar surface area (TPSA) is 70.1 Å². The van der Waals surface area contributed by atoms with Crippen LogP contribution in [0.1, 0.15) is 32.3 Å². The van der Waals surface area contributed by atoms with Crippen molar-refractivity contribution in [1.29, 1.82) is 0 Å². The minimum Gasteiger partial charge on any atom is -0.484 e. The highest BCUT2D eigenvalue weighted by Gasteiger charge is 2.45. The maximum atomic E-state index is 12.6. The first-order chi connectivity index (χ1) is 12.2. The second-order valence-electron chi connectivity index (χ2n) is 7.92. The Labute approximate surface area is 154 Å². The molecule has 1 atom stereocenters. The first-order valence-electron chi connectivity index (χ1n) is 9.25. The summed E-state index contributed by atoms with van der Waals surface area (Å²) in [5, 5.41) is 9.84. The molecule has 2 fully saturated rings. The average Bonchev–Trinajstić information content (AvgIpc) is 2.58. The molecule has 6 nitrogen and oxygen atoms in total. The molecule has 26 heavy (non-hydrogen) atoms. The number of ether oxygens (including phenoxy) is 1. The van der Waals surface area contributed by atoms with Crippen LogP contribution in [0.15, 0.2) is 24.3 Å². The van der Waals surface area contributed by atoms with Crippen molar-refractivity contribution in [2.45, 2.75) is 45.3 Å². The first kappa shape index (κ1) is 18.7. The van der Waals surface area contributed by atoms with Gasteiger partial charge >= 0.3 is 0 Å². The molecule has 2 amide bonds. The van der Waals surface area contributed by atoms with E-state index < -0.39 is 5.60 Å². The van der Waals surface area contributed by atoms with Crippen molar-refractivity contribution in [3.8, 4) is 5.75 Å². The highest BCUT2D eigenvalue weighted by molar-refractivity contribution is 5.82. The van der Waals surface area contributed by atoms with Crippen molar-refractivity contribution >= 4 is 11.8 Å². The number of rotatable bonds is 4. The van der Waals surface area contributed by atoms with E-state index in [1.54, 1.807) is 11.8 Å². The van der Waals surface area contributed by atoms with Crippen LogP contribution >= 0.6 is 0 Å². The lowest BCUT2D eigenvalue weighted by Gasteiger charge is -2.46. The minimum atomic E-state index is -0.700. The van der Waals surface area contributed by atoms with Crippen LogP contribution in [0.2, 0.25) is 0 Å². The van der Waals surface area contributed by atoms with Gasteiger partial charge in [0, 0.05) is 31.6 Å². The average molecular weight is 360 g/mol. The van der Waals surface area contributed by atoms with Crippen molar-refractivity contribution in [3.05, 3.63) is 29.8 Å². The molecular weight excluding hydrogens is 332 g/mol. The fourth-order valence-electron chi connectivity index (χ4n) is 3.79. The van der Waals surface area contributed by atoms with Gasteiger partial charge in [-0.15, -0.1) is 0 Å². The Morgan fingerprint density at radius 1 is 1.23 bits per heavy atom. The molecule has 142 valence electrons. The number of aliphatic hydroxyl groups is 1. The van der Waals surface area contributed by atoms with E-state index in [2.05, 4.69) is 0 Å². The lowest BCUT2D eigenvalue weighted by molar-refractivity contribution is -0.156. The Balaban J connectivity index is 1.47. The third kappa shape index (κ3) is 4.18. The Kier molecular flexibility index (Phi) is 5.23. The minimum absolute atomic E-state index is 0.00915. The van der Waals surface area contributed by atoms with Gasteiger partial charge < -0.3 is 19.6 Å². The van der Waals surface area contributed by atoms with Gasteiger partial charge in [0.1, 0.15) is 5.75 Å². The molecule has 0 radical (unpaired) electrons. The van der Waals surface area contributed by atoms with E-state index in [4.69, 9.17) is 4.74 Å². The molecule has 1 unspecified atom stereocenters. The normalized spacial score (nSPS) is 28.5. The van der Waals surface area contributed by atoms with Gasteiger partial charge in [-0.2, -0.15) is 0 Å². The fourth-order valence-corrected chi connectivity index (χ4v) is 3.79. The molecule has 1 aliphatic carbocycles. The number of benzene rings is 1. The van der Waals surface area contributed by atoms with Crippen molar-refractivity contribution in [2.24, 2.45) is 5.92 Å². The van der Waals surface area contributed by atoms with Gasteiger partial charge in [0.15, 0.2) is 6.61 Å². The zero-order valence-corrected chi connectivity index (χ0v) is 15.8. The molecule has 1 N–H and O–H groups in total. The largest absolute Gasteiger partial charge is 0.484 e. The number of carbonyl (C=O) groups is 2. The molecule has 1 aromatic carbocycles. The monoisotopic (exact) mass is 360 g/mol. The van der Waals surface area contributed by atoms with E-state index in [-0.39, 0.29) is 30.4 Å². The summed E-state index contributed by atoms with van der Waals surface area (Å²) in [4.78, 5) is 28.6. The van der Waals surface area contributed by atoms with E-state index in [0.717, 1.165) is 5.56 Å². The molecule has 1 aliphatic heterocycles. The third-order valence-corrected chi connectivity index (χ3v) is 5.37. The zero-order valence-electron chi connectivity index (χ0n) is 15.8. The van der Waals surface area contributed by atoms with Crippen LogP contribution in [-0.4, -0.2) is 64.6 Å². The lowest BCUT2D eigenvalue weighted by Crippen LogP contribution is -2.59. The summed E-state index contributed by atoms with van der Waals surface area (Å²) >= 11 is 0. The van der Waals surface area contributed by atoms with Gasteiger partial charge in [0.25, 0.3) is 5.91 Å². The Morgan fingerprint density at radius 3 is 2.46 bits per heavy atom. The number of hydrogen-bond donors (Lipinski definition) is 1. The number of piperazine rings is 1. The molecule has 0 aromatic heterocycles. The molecular formula is C20H28N2O4. The van der Waals surface area contributed by atoms with Crippen LogP contribution in [0, 0.1) is 12.8 Å². The van der Waals surface area contributed by atoms with Crippen molar-refractivity contribution in [3.63, 3.8) is 0 Å². The van der Waals surface area contributed by atoms with Crippen LogP contribution in [-0.2, 0) is 9.59 Å². The molecule has 1 heterocycles. The SMILES string of the molecule is Cc1ccc(OCC(=O)N2CCN(C(=O)C3CC(C)(O)C3)C(C)C2)cc1. The summed E-state index contributed by atoms with van der Waals surface area (Å²) in [6.07, 6.45) is 1.06. The fraction of sp³-hybridized carbons (Fsp3) is 0.600. The predicted octanol–water partition coefficient (Wildman–Crippen LogP) is 1.59. The van der Waals surface area contributed by atoms with E-state index in [1.807, 2.05) is 43.0 Å². The van der Waals surface area contributed by atoms with Crippen LogP contribution in [0.5, 0.6) is 5.75 Å². The number of nitrogens with zero attached hydrogens (tertiary/aromatic N) is 2. The summed E-state index contributed by atoms with van der Waals surface area (Å²) in [5.74, 6) is 0.644. The molecule has 1 saturated heterocycles. The molecule has 0 spiro atoms. The number of aryl methyl sites for hydroxylation is 1. The van der Waals surface area contributed by atoms with Crippen LogP contribution in [0.25, 0.3) is 0 Å². The molecule has 2 aliphatic rings. The highest BCUT2D eigenvalue weighted by atomic mass is 16.5. The highest BCUT2D eigenvalue weighted by Crippen LogP contribution is 2.38. The standard InChI is InChI=1S/C20H28N2O4/c1-14-4-6-17(7-5-14)26-13-18(23)21-8-9-22(15(2)12-21)19(24)16-10-20(3,25)11-16/h4-7,15-16,25H,8-13H2,1-3H3. The maximum Gasteiger partial charge on any atom is 0.260 e. The van der Waals surface area contributed by atoms with Crippen molar-refractivity contribution in [1.82, 2.24) is 9.80 Å². The van der Waals surface area contributed by atoms with Gasteiger partial charge in [-0.1, -0.05) is 17.7 Å². The number of amides is 2. The van der Waals surface area contributed by atoms with Gasteiger partial charge in [-0.25, -0.2) is 0 Å². The molecule has 3 rings (SSSR count). The Morgan fingerprint density at radius 2 is 1.88 bits per heavy atom. The summed E-state index contributed by atoms with van der Waals surface area (Å²) < 4.78 is 5.57. The van der Waals surface area contributed by atoms with Crippen LogP contribution in [0.4, 0.5) is 0 Å². The molecule has 1 saturated carbocycles. The van der Waals surface area contributed by atoms with E-state index in [1.165, 1.54) is 0 Å². The van der Waals surface area contributed by atoms with Gasteiger partial charge in [-0.3, -0.25) is 9.59 Å². The van der Waals surface area contributed by atoms with Crippen LogP contribution in [0.3, 0.4) is 0 Å². The maximum absolute atomic E-state index is 12.6. The summed E-state index contributed by atoms with van der Waals surface area (Å²) in [5.41, 5.74) is 0.445. The molecule has 0 bridgehead atoms. The van der Waals surface area contributed by atoms with E-state index in [9.17, 15) is 14.7 Å². The summed E-state index contributed by atoms with van der Waals surface area (Å²) in [7, 11) is 0. The third-order valence-electron chi connectivity index (χ3n) is 5.37.